The molecular weight excluding hydrogens is 212 g/mol. The molecule has 0 saturated heterocycles. The largest absolute Gasteiger partial charge is 0.369 e. The van der Waals surface area contributed by atoms with Crippen molar-refractivity contribution in [2.45, 2.75) is 13.0 Å². The maximum Gasteiger partial charge on any atom is 0.231 e. The van der Waals surface area contributed by atoms with Crippen molar-refractivity contribution in [1.82, 2.24) is 5.32 Å². The summed E-state index contributed by atoms with van der Waals surface area (Å²) in [7, 11) is 0. The molecule has 17 heavy (non-hydrogen) atoms. The first-order valence-corrected chi connectivity index (χ1v) is 5.68. The smallest absolute Gasteiger partial charge is 0.231 e. The average molecular weight is 228 g/mol. The number of rotatable bonds is 4. The number of carbonyl (C=O) groups is 1. The van der Waals surface area contributed by atoms with Crippen LogP contribution in [0.2, 0.25) is 0 Å². The van der Waals surface area contributed by atoms with E-state index in [0.717, 1.165) is 0 Å². The van der Waals surface area contributed by atoms with E-state index in [4.69, 9.17) is 5.73 Å². The van der Waals surface area contributed by atoms with Gasteiger partial charge < -0.3 is 11.1 Å². The molecule has 0 heterocycles. The number of nitrogens with two attached hydrogens (primary N) is 1. The first kappa shape index (κ1) is 11.6. The number of carbonyl (C=O) groups excluding carboxylic acids is 1. The standard InChI is InChI=1S/C14H16N2O/c1-10(16-9-14(15)17)12-8-4-6-11-5-2-3-7-13(11)12/h2-8,10,16H,9H2,1H3,(H2,15,17)/t10-/m0/s1. The van der Waals surface area contributed by atoms with Gasteiger partial charge in [-0.25, -0.2) is 0 Å². The number of amides is 1. The van der Waals surface area contributed by atoms with Crippen molar-refractivity contribution in [3.05, 3.63) is 48.0 Å². The Morgan fingerprint density at radius 2 is 1.94 bits per heavy atom. The first-order chi connectivity index (χ1) is 8.18. The van der Waals surface area contributed by atoms with Crippen molar-refractivity contribution in [2.24, 2.45) is 5.73 Å². The zero-order valence-electron chi connectivity index (χ0n) is 9.81. The fourth-order valence-electron chi connectivity index (χ4n) is 1.99. The van der Waals surface area contributed by atoms with Crippen molar-refractivity contribution in [3.8, 4) is 0 Å². The fourth-order valence-corrected chi connectivity index (χ4v) is 1.99. The summed E-state index contributed by atoms with van der Waals surface area (Å²) in [5.41, 5.74) is 6.31. The normalized spacial score (nSPS) is 12.5. The number of hydrogen-bond donors (Lipinski definition) is 2. The lowest BCUT2D eigenvalue weighted by Crippen LogP contribution is -2.30. The van der Waals surface area contributed by atoms with E-state index in [1.54, 1.807) is 0 Å². The van der Waals surface area contributed by atoms with Gasteiger partial charge in [0.2, 0.25) is 5.91 Å². The molecule has 1 atom stereocenters. The van der Waals surface area contributed by atoms with Crippen LogP contribution < -0.4 is 11.1 Å². The number of fused-ring (bicyclic) bond motifs is 1. The summed E-state index contributed by atoms with van der Waals surface area (Å²) in [5.74, 6) is -0.336. The number of primary amides is 1. The fraction of sp³-hybridized carbons (Fsp3) is 0.214. The second-order valence-electron chi connectivity index (χ2n) is 4.14. The second-order valence-corrected chi connectivity index (χ2v) is 4.14. The Bertz CT molecular complexity index is 531. The second kappa shape index (κ2) is 4.97. The van der Waals surface area contributed by atoms with Gasteiger partial charge in [0, 0.05) is 6.04 Å². The quantitative estimate of drug-likeness (QED) is 0.840. The Balaban J connectivity index is 2.31. The SMILES string of the molecule is C[C@H](NCC(N)=O)c1cccc2ccccc12. The maximum absolute atomic E-state index is 10.8. The van der Waals surface area contributed by atoms with Crippen molar-refractivity contribution in [2.75, 3.05) is 6.54 Å². The van der Waals surface area contributed by atoms with Crippen LogP contribution >= 0.6 is 0 Å². The van der Waals surface area contributed by atoms with Gasteiger partial charge in [-0.2, -0.15) is 0 Å². The van der Waals surface area contributed by atoms with Crippen LogP contribution in [0.5, 0.6) is 0 Å². The van der Waals surface area contributed by atoms with E-state index in [2.05, 4.69) is 29.6 Å². The molecule has 2 aromatic carbocycles. The molecule has 0 aliphatic rings. The predicted molar refractivity (Wildman–Crippen MR) is 69.6 cm³/mol. The molecule has 2 aromatic rings. The molecule has 0 bridgehead atoms. The minimum atomic E-state index is -0.336. The summed E-state index contributed by atoms with van der Waals surface area (Å²) >= 11 is 0. The molecule has 88 valence electrons. The Labute approximate surface area is 101 Å². The van der Waals surface area contributed by atoms with Gasteiger partial charge in [0.15, 0.2) is 0 Å². The summed E-state index contributed by atoms with van der Waals surface area (Å²) in [6.45, 7) is 2.23. The molecule has 0 radical (unpaired) electrons. The van der Waals surface area contributed by atoms with E-state index in [9.17, 15) is 4.79 Å². The number of benzene rings is 2. The van der Waals surface area contributed by atoms with E-state index in [-0.39, 0.29) is 18.5 Å². The average Bonchev–Trinajstić information content (AvgIpc) is 2.35. The molecule has 1 amide bonds. The third kappa shape index (κ3) is 2.63. The number of hydrogen-bond acceptors (Lipinski definition) is 2. The van der Waals surface area contributed by atoms with Gasteiger partial charge in [0.25, 0.3) is 0 Å². The molecule has 0 aliphatic carbocycles. The summed E-state index contributed by atoms with van der Waals surface area (Å²) < 4.78 is 0. The van der Waals surface area contributed by atoms with Gasteiger partial charge in [0.1, 0.15) is 0 Å². The van der Waals surface area contributed by atoms with Crippen LogP contribution in [-0.2, 0) is 4.79 Å². The van der Waals surface area contributed by atoms with Crippen molar-refractivity contribution < 1.29 is 4.79 Å². The minimum Gasteiger partial charge on any atom is -0.369 e. The summed E-state index contributed by atoms with van der Waals surface area (Å²) in [5, 5.41) is 5.53. The highest BCUT2D eigenvalue weighted by atomic mass is 16.1. The van der Waals surface area contributed by atoms with Crippen molar-refractivity contribution in [3.63, 3.8) is 0 Å². The molecule has 0 aliphatic heterocycles. The van der Waals surface area contributed by atoms with Crippen LogP contribution in [-0.4, -0.2) is 12.5 Å². The highest BCUT2D eigenvalue weighted by Gasteiger charge is 2.08. The van der Waals surface area contributed by atoms with Gasteiger partial charge in [-0.3, -0.25) is 4.79 Å². The van der Waals surface area contributed by atoms with Gasteiger partial charge in [-0.05, 0) is 23.3 Å². The van der Waals surface area contributed by atoms with Crippen molar-refractivity contribution >= 4 is 16.7 Å². The van der Waals surface area contributed by atoms with E-state index < -0.39 is 0 Å². The first-order valence-electron chi connectivity index (χ1n) is 5.68. The summed E-state index contributed by atoms with van der Waals surface area (Å²) in [4.78, 5) is 10.8. The van der Waals surface area contributed by atoms with Crippen LogP contribution in [0.3, 0.4) is 0 Å². The highest BCUT2D eigenvalue weighted by Crippen LogP contribution is 2.23. The topological polar surface area (TPSA) is 55.1 Å². The van der Waals surface area contributed by atoms with Crippen LogP contribution in [0, 0.1) is 0 Å². The zero-order chi connectivity index (χ0) is 12.3. The van der Waals surface area contributed by atoms with E-state index in [0.29, 0.717) is 0 Å². The molecule has 0 saturated carbocycles. The van der Waals surface area contributed by atoms with Gasteiger partial charge in [0.05, 0.1) is 6.54 Å². The third-order valence-corrected chi connectivity index (χ3v) is 2.87. The molecule has 2 rings (SSSR count). The van der Waals surface area contributed by atoms with Gasteiger partial charge in [-0.1, -0.05) is 42.5 Å². The molecule has 3 N–H and O–H groups in total. The highest BCUT2D eigenvalue weighted by molar-refractivity contribution is 5.86. The monoisotopic (exact) mass is 228 g/mol. The number of nitrogens with one attached hydrogen (secondary N) is 1. The van der Waals surface area contributed by atoms with Gasteiger partial charge in [-0.15, -0.1) is 0 Å². The molecule has 3 heteroatoms. The molecule has 0 aromatic heterocycles. The lowest BCUT2D eigenvalue weighted by Gasteiger charge is -2.15. The van der Waals surface area contributed by atoms with Crippen LogP contribution in [0.25, 0.3) is 10.8 Å². The van der Waals surface area contributed by atoms with E-state index in [1.807, 2.05) is 25.1 Å². The Hall–Kier alpha value is -1.87. The summed E-state index contributed by atoms with van der Waals surface area (Å²) in [6, 6.07) is 14.5. The van der Waals surface area contributed by atoms with E-state index >= 15 is 0 Å². The lowest BCUT2D eigenvalue weighted by molar-refractivity contribution is -0.117. The summed E-state index contributed by atoms with van der Waals surface area (Å²) in [6.07, 6.45) is 0. The molecular formula is C14H16N2O. The van der Waals surface area contributed by atoms with Crippen LogP contribution in [0.15, 0.2) is 42.5 Å². The molecule has 0 spiro atoms. The lowest BCUT2D eigenvalue weighted by atomic mass is 10.00. The van der Waals surface area contributed by atoms with Crippen LogP contribution in [0.1, 0.15) is 18.5 Å². The molecule has 0 unspecified atom stereocenters. The zero-order valence-corrected chi connectivity index (χ0v) is 9.81. The van der Waals surface area contributed by atoms with Crippen molar-refractivity contribution in [1.29, 1.82) is 0 Å². The Morgan fingerprint density at radius 1 is 1.24 bits per heavy atom. The maximum atomic E-state index is 10.8. The Kier molecular flexibility index (Phi) is 3.40. The molecule has 3 nitrogen and oxygen atoms in total. The predicted octanol–water partition coefficient (Wildman–Crippen LogP) is 1.98. The Morgan fingerprint density at radius 3 is 2.71 bits per heavy atom. The van der Waals surface area contributed by atoms with E-state index in [1.165, 1.54) is 16.3 Å². The van der Waals surface area contributed by atoms with Gasteiger partial charge >= 0.3 is 0 Å². The molecule has 0 fully saturated rings. The third-order valence-electron chi connectivity index (χ3n) is 2.87. The van der Waals surface area contributed by atoms with Crippen LogP contribution in [0.4, 0.5) is 0 Å². The minimum absolute atomic E-state index is 0.105.